The molecule has 0 aliphatic carbocycles. The number of hydrogen-bond acceptors (Lipinski definition) is 5. The number of aliphatic hydroxyl groups is 1. The molecule has 1 aliphatic rings. The number of Topliss-reactive ketones (excluding diaryl/α,β-unsaturated/α-hetero) is 1. The molecule has 1 aliphatic heterocycles. The van der Waals surface area contributed by atoms with Crippen molar-refractivity contribution in [3.63, 3.8) is 0 Å². The summed E-state index contributed by atoms with van der Waals surface area (Å²) in [6.45, 7) is 2.29. The molecule has 0 radical (unpaired) electrons. The number of imidazole rings is 1. The SMILES string of the molecule is CC(=O)CC[C@H]1CN(c2ccc(-c3ccc(Cn4cnc(CO)c4)cc3)c(F)c2)C(=O)O1. The summed E-state index contributed by atoms with van der Waals surface area (Å²) in [5.41, 5.74) is 3.21. The van der Waals surface area contributed by atoms with Crippen LogP contribution >= 0.6 is 0 Å². The molecule has 0 spiro atoms. The van der Waals surface area contributed by atoms with Crippen LogP contribution in [-0.4, -0.2) is 39.2 Å². The number of ether oxygens (including phenoxy) is 1. The van der Waals surface area contributed by atoms with E-state index in [4.69, 9.17) is 9.84 Å². The van der Waals surface area contributed by atoms with Crippen molar-refractivity contribution < 1.29 is 23.8 Å². The second kappa shape index (κ2) is 9.32. The van der Waals surface area contributed by atoms with E-state index in [-0.39, 0.29) is 18.5 Å². The first-order chi connectivity index (χ1) is 15.4. The molecule has 1 aromatic heterocycles. The largest absolute Gasteiger partial charge is 0.444 e. The lowest BCUT2D eigenvalue weighted by molar-refractivity contribution is -0.117. The molecule has 32 heavy (non-hydrogen) atoms. The van der Waals surface area contributed by atoms with E-state index in [1.54, 1.807) is 24.7 Å². The monoisotopic (exact) mass is 437 g/mol. The van der Waals surface area contributed by atoms with Crippen molar-refractivity contribution in [2.24, 2.45) is 0 Å². The van der Waals surface area contributed by atoms with E-state index >= 15 is 0 Å². The van der Waals surface area contributed by atoms with Crippen molar-refractivity contribution in [3.8, 4) is 11.1 Å². The zero-order valence-corrected chi connectivity index (χ0v) is 17.7. The first kappa shape index (κ1) is 21.7. The van der Waals surface area contributed by atoms with E-state index in [2.05, 4.69) is 4.98 Å². The highest BCUT2D eigenvalue weighted by molar-refractivity contribution is 5.90. The second-order valence-electron chi connectivity index (χ2n) is 7.91. The van der Waals surface area contributed by atoms with Crippen LogP contribution in [0.1, 0.15) is 31.0 Å². The van der Waals surface area contributed by atoms with E-state index in [0.29, 0.717) is 42.9 Å². The quantitative estimate of drug-likeness (QED) is 0.577. The van der Waals surface area contributed by atoms with Gasteiger partial charge in [-0.05, 0) is 42.7 Å². The fourth-order valence-corrected chi connectivity index (χ4v) is 3.73. The van der Waals surface area contributed by atoms with Crippen molar-refractivity contribution in [3.05, 3.63) is 72.1 Å². The van der Waals surface area contributed by atoms with Crippen LogP contribution in [0.3, 0.4) is 0 Å². The van der Waals surface area contributed by atoms with Gasteiger partial charge in [-0.1, -0.05) is 24.3 Å². The lowest BCUT2D eigenvalue weighted by atomic mass is 10.0. The molecule has 166 valence electrons. The van der Waals surface area contributed by atoms with E-state index in [9.17, 15) is 14.0 Å². The summed E-state index contributed by atoms with van der Waals surface area (Å²) >= 11 is 0. The van der Waals surface area contributed by atoms with Crippen LogP contribution in [-0.2, 0) is 22.7 Å². The number of rotatable bonds is 8. The number of aromatic nitrogens is 2. The maximum Gasteiger partial charge on any atom is 0.414 e. The number of halogens is 1. The van der Waals surface area contributed by atoms with Gasteiger partial charge in [-0.2, -0.15) is 0 Å². The Kier molecular flexibility index (Phi) is 6.32. The van der Waals surface area contributed by atoms with Crippen LogP contribution in [0.2, 0.25) is 0 Å². The molecule has 4 rings (SSSR count). The Morgan fingerprint density at radius 1 is 1.25 bits per heavy atom. The molecular formula is C24H24FN3O4. The molecule has 1 saturated heterocycles. The Balaban J connectivity index is 1.45. The molecule has 2 aromatic carbocycles. The summed E-state index contributed by atoms with van der Waals surface area (Å²) in [5.74, 6) is -0.390. The second-order valence-corrected chi connectivity index (χ2v) is 7.91. The minimum absolute atomic E-state index is 0.0425. The number of carbonyl (C=O) groups is 2. The summed E-state index contributed by atoms with van der Waals surface area (Å²) in [6.07, 6.45) is 3.35. The Morgan fingerprint density at radius 3 is 2.69 bits per heavy atom. The highest BCUT2D eigenvalue weighted by atomic mass is 19.1. The van der Waals surface area contributed by atoms with Gasteiger partial charge in [0.15, 0.2) is 0 Å². The Labute approximate surface area is 185 Å². The number of hydrogen-bond donors (Lipinski definition) is 1. The normalized spacial score (nSPS) is 15.8. The van der Waals surface area contributed by atoms with Gasteiger partial charge in [0.2, 0.25) is 0 Å². The van der Waals surface area contributed by atoms with Crippen LogP contribution in [0.25, 0.3) is 11.1 Å². The minimum Gasteiger partial charge on any atom is -0.444 e. The zero-order chi connectivity index (χ0) is 22.7. The maximum atomic E-state index is 14.9. The average Bonchev–Trinajstić information content (AvgIpc) is 3.39. The molecule has 2 heterocycles. The number of aliphatic hydroxyl groups excluding tert-OH is 1. The van der Waals surface area contributed by atoms with Gasteiger partial charge in [-0.25, -0.2) is 14.2 Å². The van der Waals surface area contributed by atoms with Crippen LogP contribution < -0.4 is 4.90 Å². The van der Waals surface area contributed by atoms with Gasteiger partial charge in [0.05, 0.1) is 30.9 Å². The van der Waals surface area contributed by atoms with Crippen molar-refractivity contribution in [2.45, 2.75) is 39.0 Å². The third kappa shape index (κ3) is 4.86. The first-order valence-electron chi connectivity index (χ1n) is 10.4. The van der Waals surface area contributed by atoms with Gasteiger partial charge in [-0.15, -0.1) is 0 Å². The van der Waals surface area contributed by atoms with E-state index in [1.807, 2.05) is 28.8 Å². The molecule has 1 fully saturated rings. The fraction of sp³-hybridized carbons (Fsp3) is 0.292. The number of carbonyl (C=O) groups excluding carboxylic acids is 2. The smallest absolute Gasteiger partial charge is 0.414 e. The zero-order valence-electron chi connectivity index (χ0n) is 17.7. The summed E-state index contributed by atoms with van der Waals surface area (Å²) in [7, 11) is 0. The third-order valence-electron chi connectivity index (χ3n) is 5.44. The van der Waals surface area contributed by atoms with Crippen molar-refractivity contribution in [2.75, 3.05) is 11.4 Å². The summed E-state index contributed by atoms with van der Waals surface area (Å²) in [5, 5.41) is 9.11. The molecule has 7 nitrogen and oxygen atoms in total. The standard InChI is InChI=1S/C24H24FN3O4/c1-16(30)2-8-21-13-28(24(31)32-21)20-7-9-22(23(25)10-20)18-5-3-17(4-6-18)11-27-12-19(14-29)26-15-27/h3-7,9-10,12,15,21,29H,2,8,11,13-14H2,1H3/t21-/m0/s1. The lowest BCUT2D eigenvalue weighted by Crippen LogP contribution is -2.24. The minimum atomic E-state index is -0.529. The molecule has 1 atom stereocenters. The summed E-state index contributed by atoms with van der Waals surface area (Å²) < 4.78 is 22.1. The molecule has 8 heteroatoms. The highest BCUT2D eigenvalue weighted by Crippen LogP contribution is 2.30. The van der Waals surface area contributed by atoms with E-state index in [0.717, 1.165) is 11.1 Å². The predicted octanol–water partition coefficient (Wildman–Crippen LogP) is 3.92. The Morgan fingerprint density at radius 2 is 2.03 bits per heavy atom. The first-order valence-corrected chi connectivity index (χ1v) is 10.4. The van der Waals surface area contributed by atoms with E-state index in [1.165, 1.54) is 17.9 Å². The van der Waals surface area contributed by atoms with Crippen LogP contribution in [0.15, 0.2) is 55.0 Å². The van der Waals surface area contributed by atoms with Gasteiger partial charge < -0.3 is 19.2 Å². The van der Waals surface area contributed by atoms with Crippen LogP contribution in [0, 0.1) is 5.82 Å². The summed E-state index contributed by atoms with van der Waals surface area (Å²) in [4.78, 5) is 28.8. The van der Waals surface area contributed by atoms with Crippen LogP contribution in [0.4, 0.5) is 14.9 Å². The van der Waals surface area contributed by atoms with Gasteiger partial charge in [0.1, 0.15) is 17.7 Å². The molecule has 1 N–H and O–H groups in total. The number of benzene rings is 2. The molecule has 0 unspecified atom stereocenters. The number of cyclic esters (lactones) is 1. The van der Waals surface area contributed by atoms with Gasteiger partial charge in [-0.3, -0.25) is 4.90 Å². The topological polar surface area (TPSA) is 84.7 Å². The number of anilines is 1. The van der Waals surface area contributed by atoms with Gasteiger partial charge in [0.25, 0.3) is 0 Å². The van der Waals surface area contributed by atoms with Crippen molar-refractivity contribution in [1.29, 1.82) is 0 Å². The molecule has 0 bridgehead atoms. The Bertz CT molecular complexity index is 1130. The van der Waals surface area contributed by atoms with Gasteiger partial charge in [0, 0.05) is 24.7 Å². The van der Waals surface area contributed by atoms with Crippen molar-refractivity contribution >= 4 is 17.6 Å². The Hall–Kier alpha value is -3.52. The molecule has 0 saturated carbocycles. The lowest BCUT2D eigenvalue weighted by Gasteiger charge is -2.14. The number of nitrogens with zero attached hydrogens (tertiary/aromatic N) is 3. The van der Waals surface area contributed by atoms with E-state index < -0.39 is 11.9 Å². The number of amides is 1. The van der Waals surface area contributed by atoms with Gasteiger partial charge >= 0.3 is 6.09 Å². The highest BCUT2D eigenvalue weighted by Gasteiger charge is 2.32. The van der Waals surface area contributed by atoms with Crippen molar-refractivity contribution in [1.82, 2.24) is 9.55 Å². The fourth-order valence-electron chi connectivity index (χ4n) is 3.73. The van der Waals surface area contributed by atoms with Crippen LogP contribution in [0.5, 0.6) is 0 Å². The third-order valence-corrected chi connectivity index (χ3v) is 5.44. The molecular weight excluding hydrogens is 413 g/mol. The molecule has 1 amide bonds. The predicted molar refractivity (Wildman–Crippen MR) is 117 cm³/mol. The number of ketones is 1. The molecule has 3 aromatic rings. The summed E-state index contributed by atoms with van der Waals surface area (Å²) in [6, 6.07) is 12.2. The average molecular weight is 437 g/mol. The maximum absolute atomic E-state index is 14.9.